The Labute approximate surface area is 146 Å². The maximum absolute atomic E-state index is 12.3. The molecule has 1 aliphatic heterocycles. The highest BCUT2D eigenvalue weighted by Crippen LogP contribution is 2.35. The van der Waals surface area contributed by atoms with Gasteiger partial charge in [-0.25, -0.2) is 0 Å². The number of H-pyrrole nitrogens is 1. The molecule has 0 spiro atoms. The summed E-state index contributed by atoms with van der Waals surface area (Å²) in [7, 11) is 0. The number of carbonyl (C=O) groups excluding carboxylic acids is 1. The van der Waals surface area contributed by atoms with Gasteiger partial charge in [-0.15, -0.1) is 0 Å². The van der Waals surface area contributed by atoms with Gasteiger partial charge in [0.25, 0.3) is 11.5 Å². The van der Waals surface area contributed by atoms with Crippen LogP contribution in [-0.2, 0) is 13.0 Å². The van der Waals surface area contributed by atoms with Gasteiger partial charge in [0, 0.05) is 29.8 Å². The zero-order valence-corrected chi connectivity index (χ0v) is 14.6. The van der Waals surface area contributed by atoms with Crippen LogP contribution in [0, 0.1) is 6.92 Å². The zero-order valence-electron chi connectivity index (χ0n) is 14.6. The third kappa shape index (κ3) is 3.68. The second-order valence-electron chi connectivity index (χ2n) is 6.20. The second-order valence-corrected chi connectivity index (χ2v) is 6.20. The van der Waals surface area contributed by atoms with Gasteiger partial charge < -0.3 is 19.8 Å². The van der Waals surface area contributed by atoms with Crippen molar-refractivity contribution in [2.75, 3.05) is 6.61 Å². The number of amides is 1. The standard InChI is InChI=1S/C19H22N2O4/c1-4-24-16-8-13-7-12(3)25-17(13)9-14(16)10-20-18(22)15-6-5-11(2)21-19(15)23/h5-6,8-9,12H,4,7,10H2,1-3H3,(H,20,22)(H,21,23)/t12-/m0/s1. The lowest BCUT2D eigenvalue weighted by Gasteiger charge is -2.13. The highest BCUT2D eigenvalue weighted by Gasteiger charge is 2.22. The Morgan fingerprint density at radius 2 is 2.20 bits per heavy atom. The van der Waals surface area contributed by atoms with Gasteiger partial charge in [-0.05, 0) is 45.0 Å². The van der Waals surface area contributed by atoms with Crippen LogP contribution in [0.2, 0.25) is 0 Å². The summed E-state index contributed by atoms with van der Waals surface area (Å²) < 4.78 is 11.5. The summed E-state index contributed by atoms with van der Waals surface area (Å²) in [6.45, 7) is 6.50. The van der Waals surface area contributed by atoms with Crippen molar-refractivity contribution in [1.29, 1.82) is 0 Å². The molecule has 0 fully saturated rings. The average Bonchev–Trinajstić information content (AvgIpc) is 2.91. The van der Waals surface area contributed by atoms with E-state index in [1.165, 1.54) is 6.07 Å². The maximum atomic E-state index is 12.3. The van der Waals surface area contributed by atoms with Gasteiger partial charge >= 0.3 is 0 Å². The van der Waals surface area contributed by atoms with E-state index >= 15 is 0 Å². The number of pyridine rings is 1. The minimum atomic E-state index is -0.418. The summed E-state index contributed by atoms with van der Waals surface area (Å²) >= 11 is 0. The summed E-state index contributed by atoms with van der Waals surface area (Å²) in [5, 5.41) is 2.78. The Kier molecular flexibility index (Phi) is 4.79. The van der Waals surface area contributed by atoms with Crippen LogP contribution >= 0.6 is 0 Å². The zero-order chi connectivity index (χ0) is 18.0. The van der Waals surface area contributed by atoms with Crippen molar-refractivity contribution >= 4 is 5.91 Å². The third-order valence-electron chi connectivity index (χ3n) is 4.12. The van der Waals surface area contributed by atoms with Crippen LogP contribution in [0.5, 0.6) is 11.5 Å². The van der Waals surface area contributed by atoms with E-state index < -0.39 is 11.5 Å². The second kappa shape index (κ2) is 7.01. The predicted molar refractivity (Wildman–Crippen MR) is 94.4 cm³/mol. The molecular formula is C19H22N2O4. The lowest BCUT2D eigenvalue weighted by molar-refractivity contribution is 0.0949. The van der Waals surface area contributed by atoms with Gasteiger partial charge in [-0.3, -0.25) is 9.59 Å². The molecule has 25 heavy (non-hydrogen) atoms. The molecule has 0 aliphatic carbocycles. The molecule has 6 nitrogen and oxygen atoms in total. The van der Waals surface area contributed by atoms with Crippen LogP contribution in [0.3, 0.4) is 0 Å². The van der Waals surface area contributed by atoms with Crippen molar-refractivity contribution in [3.63, 3.8) is 0 Å². The van der Waals surface area contributed by atoms with E-state index in [2.05, 4.69) is 10.3 Å². The molecule has 0 saturated carbocycles. The first-order valence-electron chi connectivity index (χ1n) is 8.41. The van der Waals surface area contributed by atoms with Crippen LogP contribution in [0.15, 0.2) is 29.1 Å². The molecule has 1 amide bonds. The minimum Gasteiger partial charge on any atom is -0.494 e. The smallest absolute Gasteiger partial charge is 0.260 e. The lowest BCUT2D eigenvalue weighted by Crippen LogP contribution is -2.29. The molecule has 3 rings (SSSR count). The van der Waals surface area contributed by atoms with Crippen molar-refractivity contribution in [2.45, 2.75) is 39.8 Å². The van der Waals surface area contributed by atoms with E-state index in [1.807, 2.05) is 26.0 Å². The average molecular weight is 342 g/mol. The van der Waals surface area contributed by atoms with Crippen LogP contribution in [0.1, 0.15) is 41.0 Å². The topological polar surface area (TPSA) is 80.4 Å². The van der Waals surface area contributed by atoms with E-state index in [1.54, 1.807) is 13.0 Å². The van der Waals surface area contributed by atoms with Gasteiger partial charge in [0.1, 0.15) is 23.2 Å². The normalized spacial score (nSPS) is 15.4. The van der Waals surface area contributed by atoms with Gasteiger partial charge in [0.15, 0.2) is 0 Å². The molecule has 132 valence electrons. The van der Waals surface area contributed by atoms with Crippen LogP contribution in [-0.4, -0.2) is 23.6 Å². The molecule has 0 saturated heterocycles. The highest BCUT2D eigenvalue weighted by atomic mass is 16.5. The molecule has 2 aromatic rings. The SMILES string of the molecule is CCOc1cc2c(cc1CNC(=O)c1ccc(C)[nH]c1=O)O[C@@H](C)C2. The maximum Gasteiger partial charge on any atom is 0.260 e. The number of aromatic nitrogens is 1. The van der Waals surface area contributed by atoms with Crippen LogP contribution in [0.4, 0.5) is 0 Å². The largest absolute Gasteiger partial charge is 0.494 e. The van der Waals surface area contributed by atoms with Gasteiger partial charge in [0.2, 0.25) is 0 Å². The fraction of sp³-hybridized carbons (Fsp3) is 0.368. The number of ether oxygens (including phenoxy) is 2. The number of hydrogen-bond donors (Lipinski definition) is 2. The Morgan fingerprint density at radius 3 is 2.92 bits per heavy atom. The number of aromatic amines is 1. The molecule has 0 unspecified atom stereocenters. The molecule has 1 aliphatic rings. The molecule has 1 atom stereocenters. The Bertz CT molecular complexity index is 857. The summed E-state index contributed by atoms with van der Waals surface area (Å²) in [4.78, 5) is 26.8. The lowest BCUT2D eigenvalue weighted by atomic mass is 10.1. The molecule has 1 aromatic carbocycles. The Hall–Kier alpha value is -2.76. The first-order chi connectivity index (χ1) is 12.0. The van der Waals surface area contributed by atoms with Crippen molar-refractivity contribution < 1.29 is 14.3 Å². The predicted octanol–water partition coefficient (Wildman–Crippen LogP) is 2.34. The van der Waals surface area contributed by atoms with E-state index in [-0.39, 0.29) is 18.2 Å². The molecule has 0 radical (unpaired) electrons. The van der Waals surface area contributed by atoms with Gasteiger partial charge in [0.05, 0.1) is 6.61 Å². The summed E-state index contributed by atoms with van der Waals surface area (Å²) in [5.74, 6) is 1.14. The van der Waals surface area contributed by atoms with E-state index in [0.717, 1.165) is 29.0 Å². The summed E-state index contributed by atoms with van der Waals surface area (Å²) in [5.41, 5.74) is 2.35. The molecule has 2 N–H and O–H groups in total. The molecular weight excluding hydrogens is 320 g/mol. The number of nitrogens with one attached hydrogen (secondary N) is 2. The third-order valence-corrected chi connectivity index (χ3v) is 4.12. The fourth-order valence-electron chi connectivity index (χ4n) is 2.93. The van der Waals surface area contributed by atoms with E-state index in [0.29, 0.717) is 12.3 Å². The first-order valence-corrected chi connectivity index (χ1v) is 8.41. The van der Waals surface area contributed by atoms with Gasteiger partial charge in [-0.2, -0.15) is 0 Å². The van der Waals surface area contributed by atoms with Crippen LogP contribution in [0.25, 0.3) is 0 Å². The number of fused-ring (bicyclic) bond motifs is 1. The monoisotopic (exact) mass is 342 g/mol. The number of aryl methyl sites for hydroxylation is 1. The molecule has 2 heterocycles. The fourth-order valence-corrected chi connectivity index (χ4v) is 2.93. The minimum absolute atomic E-state index is 0.0922. The van der Waals surface area contributed by atoms with Crippen molar-refractivity contribution in [2.24, 2.45) is 0 Å². The van der Waals surface area contributed by atoms with E-state index in [4.69, 9.17) is 9.47 Å². The Morgan fingerprint density at radius 1 is 1.40 bits per heavy atom. The Balaban J connectivity index is 1.79. The molecule has 6 heteroatoms. The van der Waals surface area contributed by atoms with E-state index in [9.17, 15) is 9.59 Å². The molecule has 0 bridgehead atoms. The quantitative estimate of drug-likeness (QED) is 0.874. The van der Waals surface area contributed by atoms with Crippen molar-refractivity contribution in [3.8, 4) is 11.5 Å². The number of rotatable bonds is 5. The summed E-state index contributed by atoms with van der Waals surface area (Å²) in [6, 6.07) is 7.11. The number of benzene rings is 1. The number of carbonyl (C=O) groups is 1. The van der Waals surface area contributed by atoms with Gasteiger partial charge in [-0.1, -0.05) is 0 Å². The number of hydrogen-bond acceptors (Lipinski definition) is 4. The first kappa shape index (κ1) is 17.1. The van der Waals surface area contributed by atoms with Crippen molar-refractivity contribution in [3.05, 3.63) is 57.0 Å². The van der Waals surface area contributed by atoms with Crippen LogP contribution < -0.4 is 20.3 Å². The highest BCUT2D eigenvalue weighted by molar-refractivity contribution is 5.93. The van der Waals surface area contributed by atoms with Crippen molar-refractivity contribution in [1.82, 2.24) is 10.3 Å². The molecule has 1 aromatic heterocycles. The summed E-state index contributed by atoms with van der Waals surface area (Å²) in [6.07, 6.45) is 0.987.